The number of ether oxygens (including phenoxy) is 2. The molecule has 25 heavy (non-hydrogen) atoms. The van der Waals surface area contributed by atoms with E-state index in [9.17, 15) is 19.5 Å². The molecule has 0 aromatic heterocycles. The van der Waals surface area contributed by atoms with Crippen molar-refractivity contribution in [1.82, 2.24) is 0 Å². The molecule has 1 saturated carbocycles. The van der Waals surface area contributed by atoms with E-state index in [1.807, 2.05) is 18.4 Å². The third-order valence-corrected chi connectivity index (χ3v) is 5.42. The molecule has 0 aliphatic heterocycles. The molecule has 0 saturated heterocycles. The first kappa shape index (κ1) is 19.5. The van der Waals surface area contributed by atoms with Crippen LogP contribution in [0.15, 0.2) is 29.2 Å². The van der Waals surface area contributed by atoms with E-state index in [0.717, 1.165) is 4.90 Å². The van der Waals surface area contributed by atoms with Crippen LogP contribution in [-0.2, 0) is 23.9 Å². The maximum absolute atomic E-state index is 12.6. The second kappa shape index (κ2) is 7.58. The van der Waals surface area contributed by atoms with E-state index < -0.39 is 41.1 Å². The standard InChI is InChI=1S/C18H22O6S/c1-18(22)9-12(19)14(16(20)23-2)13(15(18)17(21)24-3)10-5-7-11(25-4)8-6-10/h5-8,13-15,22H,9H2,1-4H3. The van der Waals surface area contributed by atoms with Gasteiger partial charge in [-0.05, 0) is 30.9 Å². The Hall–Kier alpha value is -1.86. The Labute approximate surface area is 150 Å². The number of hydrogen-bond donors (Lipinski definition) is 1. The Morgan fingerprint density at radius 3 is 2.20 bits per heavy atom. The SMILES string of the molecule is COC(=O)C1C(=O)CC(C)(O)C(C(=O)OC)C1c1ccc(SC)cc1. The number of methoxy groups -OCH3 is 2. The average molecular weight is 366 g/mol. The van der Waals surface area contributed by atoms with Gasteiger partial charge < -0.3 is 14.6 Å². The summed E-state index contributed by atoms with van der Waals surface area (Å²) >= 11 is 1.55. The van der Waals surface area contributed by atoms with Gasteiger partial charge in [-0.3, -0.25) is 14.4 Å². The lowest BCUT2D eigenvalue weighted by atomic mass is 9.62. The van der Waals surface area contributed by atoms with E-state index in [2.05, 4.69) is 0 Å². The second-order valence-corrected chi connectivity index (χ2v) is 7.18. The summed E-state index contributed by atoms with van der Waals surface area (Å²) in [6.45, 7) is 1.42. The van der Waals surface area contributed by atoms with Crippen LogP contribution in [-0.4, -0.2) is 48.9 Å². The fourth-order valence-corrected chi connectivity index (χ4v) is 3.90. The smallest absolute Gasteiger partial charge is 0.316 e. The minimum absolute atomic E-state index is 0.314. The highest BCUT2D eigenvalue weighted by molar-refractivity contribution is 7.98. The molecule has 1 N–H and O–H groups in total. The van der Waals surface area contributed by atoms with Crippen molar-refractivity contribution < 1.29 is 29.0 Å². The highest BCUT2D eigenvalue weighted by atomic mass is 32.2. The van der Waals surface area contributed by atoms with Crippen molar-refractivity contribution in [2.45, 2.75) is 29.8 Å². The maximum atomic E-state index is 12.6. The van der Waals surface area contributed by atoms with Crippen LogP contribution < -0.4 is 0 Å². The minimum Gasteiger partial charge on any atom is -0.469 e. The summed E-state index contributed by atoms with van der Waals surface area (Å²) in [5.74, 6) is -4.89. The molecule has 0 amide bonds. The molecule has 4 atom stereocenters. The first-order chi connectivity index (χ1) is 11.8. The summed E-state index contributed by atoms with van der Waals surface area (Å²) < 4.78 is 9.64. The molecule has 6 nitrogen and oxygen atoms in total. The number of aliphatic hydroxyl groups is 1. The van der Waals surface area contributed by atoms with E-state index >= 15 is 0 Å². The number of esters is 2. The molecule has 0 radical (unpaired) electrons. The van der Waals surface area contributed by atoms with Gasteiger partial charge in [0.25, 0.3) is 0 Å². The lowest BCUT2D eigenvalue weighted by molar-refractivity contribution is -0.170. The fourth-order valence-electron chi connectivity index (χ4n) is 3.50. The van der Waals surface area contributed by atoms with Gasteiger partial charge in [0.1, 0.15) is 5.92 Å². The first-order valence-corrected chi connectivity index (χ1v) is 9.04. The predicted molar refractivity (Wildman–Crippen MR) is 92.2 cm³/mol. The summed E-state index contributed by atoms with van der Waals surface area (Å²) in [5, 5.41) is 10.7. The van der Waals surface area contributed by atoms with E-state index in [1.54, 1.807) is 23.9 Å². The van der Waals surface area contributed by atoms with Crippen molar-refractivity contribution in [1.29, 1.82) is 0 Å². The summed E-state index contributed by atoms with van der Waals surface area (Å²) in [7, 11) is 2.42. The van der Waals surface area contributed by atoms with E-state index in [-0.39, 0.29) is 6.42 Å². The summed E-state index contributed by atoms with van der Waals surface area (Å²) in [4.78, 5) is 38.2. The normalized spacial score (nSPS) is 29.2. The molecule has 2 rings (SSSR count). The van der Waals surface area contributed by atoms with Crippen LogP contribution in [0.1, 0.15) is 24.8 Å². The van der Waals surface area contributed by atoms with Crippen molar-refractivity contribution in [2.24, 2.45) is 11.8 Å². The molecule has 0 heterocycles. The van der Waals surface area contributed by atoms with Crippen LogP contribution in [0.4, 0.5) is 0 Å². The highest BCUT2D eigenvalue weighted by Gasteiger charge is 2.56. The molecule has 0 bridgehead atoms. The zero-order chi connectivity index (χ0) is 18.8. The Bertz CT molecular complexity index is 667. The number of carbonyl (C=O) groups excluding carboxylic acids is 3. The zero-order valence-electron chi connectivity index (χ0n) is 14.6. The van der Waals surface area contributed by atoms with E-state index in [0.29, 0.717) is 5.56 Å². The Kier molecular flexibility index (Phi) is 5.90. The van der Waals surface area contributed by atoms with Gasteiger partial charge in [-0.15, -0.1) is 11.8 Å². The number of carbonyl (C=O) groups is 3. The molecule has 136 valence electrons. The van der Waals surface area contributed by atoms with Crippen LogP contribution in [0.5, 0.6) is 0 Å². The van der Waals surface area contributed by atoms with Crippen LogP contribution in [0.25, 0.3) is 0 Å². The molecule has 1 fully saturated rings. The fraction of sp³-hybridized carbons (Fsp3) is 0.500. The van der Waals surface area contributed by atoms with Gasteiger partial charge in [0.05, 0.1) is 25.7 Å². The van der Waals surface area contributed by atoms with Gasteiger partial charge in [0.15, 0.2) is 5.78 Å². The van der Waals surface area contributed by atoms with Gasteiger partial charge >= 0.3 is 11.9 Å². The molecule has 1 aliphatic carbocycles. The zero-order valence-corrected chi connectivity index (χ0v) is 15.5. The number of Topliss-reactive ketones (excluding diaryl/α,β-unsaturated/α-hetero) is 1. The third-order valence-electron chi connectivity index (χ3n) is 4.68. The maximum Gasteiger partial charge on any atom is 0.316 e. The lowest BCUT2D eigenvalue weighted by Gasteiger charge is -2.43. The number of thioether (sulfide) groups is 1. The molecule has 1 aromatic rings. The van der Waals surface area contributed by atoms with E-state index in [1.165, 1.54) is 21.1 Å². The predicted octanol–water partition coefficient (Wildman–Crippen LogP) is 1.79. The van der Waals surface area contributed by atoms with Crippen molar-refractivity contribution in [3.8, 4) is 0 Å². The van der Waals surface area contributed by atoms with E-state index in [4.69, 9.17) is 9.47 Å². The molecule has 7 heteroatoms. The number of hydrogen-bond acceptors (Lipinski definition) is 7. The Morgan fingerprint density at radius 2 is 1.72 bits per heavy atom. The molecule has 4 unspecified atom stereocenters. The first-order valence-electron chi connectivity index (χ1n) is 7.81. The largest absolute Gasteiger partial charge is 0.469 e. The van der Waals surface area contributed by atoms with Crippen LogP contribution in [0.2, 0.25) is 0 Å². The van der Waals surface area contributed by atoms with Crippen LogP contribution in [0.3, 0.4) is 0 Å². The molecule has 1 aliphatic rings. The summed E-state index contributed by atoms with van der Waals surface area (Å²) in [6.07, 6.45) is 1.62. The summed E-state index contributed by atoms with van der Waals surface area (Å²) in [5.41, 5.74) is -1.01. The lowest BCUT2D eigenvalue weighted by Crippen LogP contribution is -2.55. The van der Waals surface area contributed by atoms with Crippen molar-refractivity contribution >= 4 is 29.5 Å². The van der Waals surface area contributed by atoms with Crippen LogP contribution >= 0.6 is 11.8 Å². The monoisotopic (exact) mass is 366 g/mol. The second-order valence-electron chi connectivity index (χ2n) is 6.30. The molecule has 0 spiro atoms. The highest BCUT2D eigenvalue weighted by Crippen LogP contribution is 2.46. The quantitative estimate of drug-likeness (QED) is 0.494. The van der Waals surface area contributed by atoms with Crippen molar-refractivity contribution in [3.63, 3.8) is 0 Å². The summed E-state index contributed by atoms with van der Waals surface area (Å²) in [6, 6.07) is 7.21. The Morgan fingerprint density at radius 1 is 1.16 bits per heavy atom. The third kappa shape index (κ3) is 3.72. The van der Waals surface area contributed by atoms with Crippen molar-refractivity contribution in [3.05, 3.63) is 29.8 Å². The molecular weight excluding hydrogens is 344 g/mol. The van der Waals surface area contributed by atoms with Gasteiger partial charge in [0.2, 0.25) is 0 Å². The molecular formula is C18H22O6S. The van der Waals surface area contributed by atoms with Gasteiger partial charge in [-0.1, -0.05) is 12.1 Å². The number of ketones is 1. The van der Waals surface area contributed by atoms with Crippen molar-refractivity contribution in [2.75, 3.05) is 20.5 Å². The average Bonchev–Trinajstić information content (AvgIpc) is 2.59. The van der Waals surface area contributed by atoms with Gasteiger partial charge in [0, 0.05) is 17.2 Å². The minimum atomic E-state index is -1.61. The Balaban J connectivity index is 2.61. The molecule has 1 aromatic carbocycles. The topological polar surface area (TPSA) is 89.9 Å². The van der Waals surface area contributed by atoms with Crippen LogP contribution in [0, 0.1) is 11.8 Å². The number of benzene rings is 1. The van der Waals surface area contributed by atoms with Gasteiger partial charge in [-0.25, -0.2) is 0 Å². The number of rotatable bonds is 4. The van der Waals surface area contributed by atoms with Gasteiger partial charge in [-0.2, -0.15) is 0 Å².